The van der Waals surface area contributed by atoms with Crippen LogP contribution in [0.25, 0.3) is 0 Å². The Morgan fingerprint density at radius 1 is 1.60 bits per heavy atom. The quantitative estimate of drug-likeness (QED) is 0.471. The molecule has 0 saturated heterocycles. The maximum Gasteiger partial charge on any atom is -0.0699 e. The van der Waals surface area contributed by atoms with Gasteiger partial charge in [-0.1, -0.05) is 11.9 Å². The first-order chi connectivity index (χ1) is 2.50. The van der Waals surface area contributed by atoms with Gasteiger partial charge >= 0.3 is 0 Å². The molecule has 0 aliphatic heterocycles. The van der Waals surface area contributed by atoms with Crippen LogP contribution in [-0.2, 0) is 0 Å². The minimum Gasteiger partial charge on any atom is -0.497 e. The molecule has 0 atom stereocenters. The summed E-state index contributed by atoms with van der Waals surface area (Å²) in [5.41, 5.74) is 0. The largest absolute Gasteiger partial charge is 0.497 e. The lowest BCUT2D eigenvalue weighted by Gasteiger charge is -1.67. The lowest BCUT2D eigenvalue weighted by Crippen LogP contribution is -1.12. The Morgan fingerprint density at radius 3 is 2.80 bits per heavy atom. The number of rotatable bonds is 0. The first-order valence-corrected chi connectivity index (χ1v) is 4.02. The maximum atomic E-state index is 2.14. The fraction of sp³-hybridized carbons (Fsp3) is 0. The van der Waals surface area contributed by atoms with E-state index in [0.717, 1.165) is 0 Å². The fourth-order valence-electron chi connectivity index (χ4n) is 0.192. The molecule has 0 aliphatic rings. The smallest absolute Gasteiger partial charge is 0.0699 e. The molecule has 5 heavy (non-hydrogen) atoms. The van der Waals surface area contributed by atoms with Gasteiger partial charge in [0.25, 0.3) is 0 Å². The van der Waals surface area contributed by atoms with E-state index >= 15 is 0 Å². The van der Waals surface area contributed by atoms with Gasteiger partial charge in [0.1, 0.15) is 0 Å². The van der Waals surface area contributed by atoms with Crippen LogP contribution in [0.5, 0.6) is 0 Å². The van der Waals surface area contributed by atoms with Crippen LogP contribution in [0.3, 0.4) is 0 Å². The molecule has 1 aromatic heterocycles. The van der Waals surface area contributed by atoms with Gasteiger partial charge in [-0.25, -0.2) is 5.80 Å². The molecule has 0 amide bonds. The van der Waals surface area contributed by atoms with Crippen molar-refractivity contribution < 1.29 is 0 Å². The van der Waals surface area contributed by atoms with Crippen molar-refractivity contribution in [2.75, 3.05) is 0 Å². The highest BCUT2D eigenvalue weighted by Gasteiger charge is 1.42. The summed E-state index contributed by atoms with van der Waals surface area (Å²) < 4.78 is 0. The zero-order valence-corrected chi connectivity index (χ0v) is 4.42. The monoisotopic (exact) mass is 101 g/mol. The third-order valence-electron chi connectivity index (χ3n) is 0.372. The lowest BCUT2D eigenvalue weighted by molar-refractivity contribution is 2.13. The van der Waals surface area contributed by atoms with Gasteiger partial charge in [-0.3, -0.25) is 7.87 Å². The Hall–Kier alpha value is 0.210. The van der Waals surface area contributed by atoms with Crippen LogP contribution in [0, 0.1) is 0 Å². The van der Waals surface area contributed by atoms with Gasteiger partial charge in [0, 0.05) is 0 Å². The second-order valence-electron chi connectivity index (χ2n) is 0.722. The molecule has 0 aromatic carbocycles. The Balaban J connectivity index is 3.13. The van der Waals surface area contributed by atoms with Gasteiger partial charge in [0.05, 0.1) is 0 Å². The second kappa shape index (κ2) is 1.60. The van der Waals surface area contributed by atoms with E-state index in [0.29, 0.717) is 0 Å². The molecule has 0 nitrogen and oxygen atoms in total. The Kier molecular flexibility index (Phi) is 1.09. The third kappa shape index (κ3) is 0.758. The van der Waals surface area contributed by atoms with Crippen LogP contribution in [0.15, 0.2) is 17.7 Å². The molecule has 0 saturated carbocycles. The van der Waals surface area contributed by atoms with E-state index in [9.17, 15) is 0 Å². The van der Waals surface area contributed by atoms with E-state index in [-0.39, 0.29) is 0 Å². The van der Waals surface area contributed by atoms with Gasteiger partial charge < -0.3 is 7.87 Å². The zero-order chi connectivity index (χ0) is 3.54. The average molecular weight is 101 g/mol. The van der Waals surface area contributed by atoms with Crippen molar-refractivity contribution in [1.82, 2.24) is 0 Å². The molecule has 2 heteroatoms. The maximum absolute atomic E-state index is 2.14. The molecule has 26 valence electrons. The molecule has 1 heterocycles. The summed E-state index contributed by atoms with van der Waals surface area (Å²) in [6, 6.07) is 2.09. The summed E-state index contributed by atoms with van der Waals surface area (Å²) in [6.07, 6.45) is 0. The van der Waals surface area contributed by atoms with Crippen molar-refractivity contribution in [1.29, 1.82) is 0 Å². The molecule has 0 N–H and O–H groups in total. The van der Waals surface area contributed by atoms with Crippen LogP contribution in [0.1, 0.15) is 0 Å². The van der Waals surface area contributed by atoms with Gasteiger partial charge in [-0.15, -0.1) is 0 Å². The third-order valence-corrected chi connectivity index (χ3v) is 2.32. The normalized spacial score (nSPS) is 11.2. The van der Waals surface area contributed by atoms with Crippen LogP contribution >= 0.6 is 15.7 Å². The van der Waals surface area contributed by atoms with E-state index in [1.807, 2.05) is 0 Å². The van der Waals surface area contributed by atoms with Gasteiger partial charge in [0.15, 0.2) is 0 Å². The molecule has 0 spiro atoms. The van der Waals surface area contributed by atoms with Crippen molar-refractivity contribution in [3.05, 3.63) is 17.7 Å². The summed E-state index contributed by atoms with van der Waals surface area (Å²) >= 11 is 0. The van der Waals surface area contributed by atoms with Crippen molar-refractivity contribution in [3.8, 4) is 0 Å². The summed E-state index contributed by atoms with van der Waals surface area (Å²) in [6.45, 7) is 0. The molecule has 1 aromatic rings. The standard InChI is InChI=1S/C3H3P2/c1-2-4-5-3-1/h1-3H/q-1. The number of hydrogen-bond acceptors (Lipinski definition) is 0. The Bertz CT molecular complexity index is 61.4. The average Bonchev–Trinajstić information content (AvgIpc) is 1.76. The van der Waals surface area contributed by atoms with Crippen molar-refractivity contribution >= 4 is 15.7 Å². The van der Waals surface area contributed by atoms with Crippen LogP contribution in [0.2, 0.25) is 0 Å². The van der Waals surface area contributed by atoms with E-state index in [1.165, 1.54) is 15.7 Å². The topological polar surface area (TPSA) is 0 Å². The fourth-order valence-corrected chi connectivity index (χ4v) is 1.73. The summed E-state index contributed by atoms with van der Waals surface area (Å²) in [5, 5.41) is 0. The molecule has 1 rings (SSSR count). The van der Waals surface area contributed by atoms with Crippen molar-refractivity contribution in [2.45, 2.75) is 0 Å². The van der Waals surface area contributed by atoms with Gasteiger partial charge in [-0.2, -0.15) is 0 Å². The molecule has 0 bridgehead atoms. The first-order valence-electron chi connectivity index (χ1n) is 1.38. The first kappa shape index (κ1) is 3.40. The van der Waals surface area contributed by atoms with Crippen molar-refractivity contribution in [2.24, 2.45) is 0 Å². The molecular weight excluding hydrogens is 98.0 g/mol. The predicted molar refractivity (Wildman–Crippen MR) is 27.1 cm³/mol. The molecule has 0 radical (unpaired) electrons. The molecule has 0 aliphatic carbocycles. The highest BCUT2D eigenvalue weighted by molar-refractivity contribution is 7.89. The zero-order valence-electron chi connectivity index (χ0n) is 2.63. The van der Waals surface area contributed by atoms with Crippen molar-refractivity contribution in [3.63, 3.8) is 0 Å². The van der Waals surface area contributed by atoms with E-state index < -0.39 is 0 Å². The second-order valence-corrected chi connectivity index (χ2v) is 3.17. The lowest BCUT2D eigenvalue weighted by atomic mass is 10.8. The summed E-state index contributed by atoms with van der Waals surface area (Å²) in [5.74, 6) is 4.28. The Labute approximate surface area is 34.3 Å². The summed E-state index contributed by atoms with van der Waals surface area (Å²) in [4.78, 5) is 0. The Morgan fingerprint density at radius 2 is 2.60 bits per heavy atom. The minimum absolute atomic E-state index is 1.43. The molecular formula is C3H3P2-. The van der Waals surface area contributed by atoms with Crippen LogP contribution in [0.4, 0.5) is 0 Å². The van der Waals surface area contributed by atoms with Gasteiger partial charge in [-0.05, 0) is 0 Å². The molecule has 0 fully saturated rings. The van der Waals surface area contributed by atoms with E-state index in [4.69, 9.17) is 0 Å². The summed E-state index contributed by atoms with van der Waals surface area (Å²) in [7, 11) is 2.85. The molecule has 0 unspecified atom stereocenters. The van der Waals surface area contributed by atoms with Gasteiger partial charge in [0.2, 0.25) is 0 Å². The highest BCUT2D eigenvalue weighted by Crippen LogP contribution is 2.17. The van der Waals surface area contributed by atoms with Crippen LogP contribution in [-0.4, -0.2) is 0 Å². The SMILES string of the molecule is c1cp[p-]c1. The van der Waals surface area contributed by atoms with Crippen LogP contribution < -0.4 is 0 Å². The minimum atomic E-state index is 1.43. The van der Waals surface area contributed by atoms with E-state index in [1.54, 1.807) is 0 Å². The highest BCUT2D eigenvalue weighted by atomic mass is 31.8. The predicted octanol–water partition coefficient (Wildman–Crippen LogP) is 2.57. The number of hydrogen-bond donors (Lipinski definition) is 0. The van der Waals surface area contributed by atoms with E-state index in [2.05, 4.69) is 17.7 Å².